The van der Waals surface area contributed by atoms with Crippen molar-refractivity contribution in [2.45, 2.75) is 19.7 Å². The van der Waals surface area contributed by atoms with E-state index in [1.54, 1.807) is 24.3 Å². The second-order valence-electron chi connectivity index (χ2n) is 6.03. The molecule has 7 nitrogen and oxygen atoms in total. The van der Waals surface area contributed by atoms with Gasteiger partial charge >= 0.3 is 12.3 Å². The minimum atomic E-state index is -4.85. The predicted molar refractivity (Wildman–Crippen MR) is 104 cm³/mol. The van der Waals surface area contributed by atoms with Gasteiger partial charge in [0.05, 0.1) is 24.7 Å². The van der Waals surface area contributed by atoms with Gasteiger partial charge in [-0.15, -0.1) is 13.2 Å². The van der Waals surface area contributed by atoms with Crippen molar-refractivity contribution >= 4 is 17.6 Å². The van der Waals surface area contributed by atoms with Crippen LogP contribution in [0.3, 0.4) is 0 Å². The van der Waals surface area contributed by atoms with Gasteiger partial charge in [-0.2, -0.15) is 5.26 Å². The molecule has 31 heavy (non-hydrogen) atoms. The van der Waals surface area contributed by atoms with E-state index in [9.17, 15) is 22.8 Å². The molecule has 0 N–H and O–H groups in total. The first-order chi connectivity index (χ1) is 14.7. The lowest BCUT2D eigenvalue weighted by atomic mass is 10.2. The highest BCUT2D eigenvalue weighted by atomic mass is 19.4. The van der Waals surface area contributed by atoms with E-state index in [0.29, 0.717) is 18.0 Å². The molecule has 0 heterocycles. The molecule has 0 unspecified atom stereocenters. The normalized spacial score (nSPS) is 10.7. The molecule has 2 aromatic rings. The molecule has 0 spiro atoms. The number of nitriles is 1. The van der Waals surface area contributed by atoms with Crippen molar-refractivity contribution in [1.29, 1.82) is 5.26 Å². The van der Waals surface area contributed by atoms with Crippen LogP contribution in [0, 0.1) is 11.3 Å². The molecule has 10 heteroatoms. The Bertz CT molecular complexity index is 922. The van der Waals surface area contributed by atoms with Gasteiger partial charge in [0.15, 0.2) is 6.61 Å². The lowest BCUT2D eigenvalue weighted by Gasteiger charge is -2.22. The van der Waals surface area contributed by atoms with Gasteiger partial charge in [-0.3, -0.25) is 4.79 Å². The van der Waals surface area contributed by atoms with Gasteiger partial charge in [-0.05, 0) is 55.5 Å². The summed E-state index contributed by atoms with van der Waals surface area (Å²) in [5.74, 6) is -1.33. The molecule has 164 valence electrons. The van der Waals surface area contributed by atoms with Crippen molar-refractivity contribution in [1.82, 2.24) is 0 Å². The summed E-state index contributed by atoms with van der Waals surface area (Å²) in [6.45, 7) is 1.79. The minimum absolute atomic E-state index is 0.0491. The van der Waals surface area contributed by atoms with Crippen molar-refractivity contribution < 1.29 is 37.0 Å². The zero-order chi connectivity index (χ0) is 22.9. The molecule has 0 aliphatic rings. The van der Waals surface area contributed by atoms with Crippen LogP contribution in [0.15, 0.2) is 48.5 Å². The summed E-state index contributed by atoms with van der Waals surface area (Å²) in [5.41, 5.74) is 0.445. The number of amides is 1. The Morgan fingerprint density at radius 3 is 2.19 bits per heavy atom. The smallest absolute Gasteiger partial charge is 0.494 e. The summed E-state index contributed by atoms with van der Waals surface area (Å²) in [4.78, 5) is 26.0. The third-order valence-corrected chi connectivity index (χ3v) is 3.86. The lowest BCUT2D eigenvalue weighted by molar-refractivity contribution is -0.274. The number of anilines is 1. The fourth-order valence-electron chi connectivity index (χ4n) is 2.53. The first-order valence-corrected chi connectivity index (χ1v) is 9.16. The van der Waals surface area contributed by atoms with Crippen LogP contribution in [0.5, 0.6) is 11.5 Å². The van der Waals surface area contributed by atoms with Gasteiger partial charge in [-0.1, -0.05) is 0 Å². The number of esters is 1. The number of hydrogen-bond donors (Lipinski definition) is 0. The Labute approximate surface area is 176 Å². The van der Waals surface area contributed by atoms with E-state index in [1.165, 1.54) is 4.90 Å². The first kappa shape index (κ1) is 23.5. The van der Waals surface area contributed by atoms with Gasteiger partial charge < -0.3 is 19.1 Å². The summed E-state index contributed by atoms with van der Waals surface area (Å²) in [6.07, 6.45) is -4.78. The number of alkyl halides is 3. The molecule has 0 aliphatic carbocycles. The van der Waals surface area contributed by atoms with E-state index in [4.69, 9.17) is 14.7 Å². The standard InChI is InChI=1S/C21H19F3N2O5/c1-2-29-17-10-6-16(7-11-17)26(13-3-12-25)19(27)14-30-20(28)15-4-8-18(9-5-15)31-21(22,23)24/h4-11H,2-3,13-14H2,1H3. The van der Waals surface area contributed by atoms with Gasteiger partial charge in [0.2, 0.25) is 0 Å². The number of benzene rings is 2. The van der Waals surface area contributed by atoms with Crippen LogP contribution in [0.25, 0.3) is 0 Å². The van der Waals surface area contributed by atoms with Gasteiger partial charge in [-0.25, -0.2) is 4.79 Å². The van der Waals surface area contributed by atoms with Gasteiger partial charge in [0.25, 0.3) is 5.91 Å². The van der Waals surface area contributed by atoms with Gasteiger partial charge in [0.1, 0.15) is 11.5 Å². The highest BCUT2D eigenvalue weighted by Gasteiger charge is 2.31. The Morgan fingerprint density at radius 2 is 1.65 bits per heavy atom. The van der Waals surface area contributed by atoms with E-state index < -0.39 is 30.6 Å². The third kappa shape index (κ3) is 7.54. The summed E-state index contributed by atoms with van der Waals surface area (Å²) < 4.78 is 50.6. The molecule has 0 radical (unpaired) electrons. The van der Waals surface area contributed by atoms with E-state index in [2.05, 4.69) is 4.74 Å². The van der Waals surface area contributed by atoms with Crippen molar-refractivity contribution in [3.8, 4) is 17.6 Å². The van der Waals surface area contributed by atoms with Crippen LogP contribution in [-0.2, 0) is 9.53 Å². The summed E-state index contributed by atoms with van der Waals surface area (Å²) >= 11 is 0. The Balaban J connectivity index is 2.01. The Hall–Kier alpha value is -3.74. The molecule has 0 bridgehead atoms. The first-order valence-electron chi connectivity index (χ1n) is 9.16. The molecular weight excluding hydrogens is 417 g/mol. The molecule has 2 aromatic carbocycles. The number of ether oxygens (including phenoxy) is 3. The highest BCUT2D eigenvalue weighted by molar-refractivity contribution is 5.97. The maximum Gasteiger partial charge on any atom is 0.573 e. The Morgan fingerprint density at radius 1 is 1.03 bits per heavy atom. The van der Waals surface area contributed by atoms with Gasteiger partial charge in [0, 0.05) is 12.2 Å². The van der Waals surface area contributed by atoms with E-state index in [1.807, 2.05) is 13.0 Å². The number of carbonyl (C=O) groups excluding carboxylic acids is 2. The fraction of sp³-hybridized carbons (Fsp3) is 0.286. The average molecular weight is 436 g/mol. The Kier molecular flexibility index (Phi) is 8.25. The second kappa shape index (κ2) is 10.9. The lowest BCUT2D eigenvalue weighted by Crippen LogP contribution is -2.35. The average Bonchev–Trinajstić information content (AvgIpc) is 2.73. The van der Waals surface area contributed by atoms with E-state index in [-0.39, 0.29) is 18.5 Å². The van der Waals surface area contributed by atoms with Crippen LogP contribution in [-0.4, -0.2) is 38.0 Å². The largest absolute Gasteiger partial charge is 0.573 e. The highest BCUT2D eigenvalue weighted by Crippen LogP contribution is 2.23. The minimum Gasteiger partial charge on any atom is -0.494 e. The van der Waals surface area contributed by atoms with Crippen molar-refractivity contribution in [3.05, 3.63) is 54.1 Å². The van der Waals surface area contributed by atoms with Crippen LogP contribution in [0.2, 0.25) is 0 Å². The van der Waals surface area contributed by atoms with Crippen molar-refractivity contribution in [2.24, 2.45) is 0 Å². The predicted octanol–water partition coefficient (Wildman–Crippen LogP) is 4.09. The second-order valence-corrected chi connectivity index (χ2v) is 6.03. The fourth-order valence-corrected chi connectivity index (χ4v) is 2.53. The van der Waals surface area contributed by atoms with E-state index in [0.717, 1.165) is 24.3 Å². The SMILES string of the molecule is CCOc1ccc(N(CCC#N)C(=O)COC(=O)c2ccc(OC(F)(F)F)cc2)cc1. The molecule has 2 rings (SSSR count). The maximum atomic E-state index is 12.6. The van der Waals surface area contributed by atoms with Crippen molar-refractivity contribution in [2.75, 3.05) is 24.7 Å². The maximum absolute atomic E-state index is 12.6. The molecule has 0 saturated heterocycles. The number of halogens is 3. The zero-order valence-electron chi connectivity index (χ0n) is 16.5. The molecule has 0 aliphatic heterocycles. The van der Waals surface area contributed by atoms with E-state index >= 15 is 0 Å². The van der Waals surface area contributed by atoms with Crippen LogP contribution in [0.1, 0.15) is 23.7 Å². The third-order valence-electron chi connectivity index (χ3n) is 3.86. The molecule has 0 saturated carbocycles. The molecule has 0 atom stereocenters. The molecule has 0 aromatic heterocycles. The molecule has 0 fully saturated rings. The molecule has 1 amide bonds. The zero-order valence-corrected chi connectivity index (χ0v) is 16.5. The topological polar surface area (TPSA) is 88.9 Å². The van der Waals surface area contributed by atoms with Crippen LogP contribution in [0.4, 0.5) is 18.9 Å². The summed E-state index contributed by atoms with van der Waals surface area (Å²) in [5, 5.41) is 8.84. The monoisotopic (exact) mass is 436 g/mol. The number of hydrogen-bond acceptors (Lipinski definition) is 6. The van der Waals surface area contributed by atoms with Crippen molar-refractivity contribution in [3.63, 3.8) is 0 Å². The quantitative estimate of drug-likeness (QED) is 0.550. The number of rotatable bonds is 9. The molecular formula is C21H19F3N2O5. The number of nitrogens with zero attached hydrogens (tertiary/aromatic N) is 2. The summed E-state index contributed by atoms with van der Waals surface area (Å²) in [6, 6.07) is 12.7. The number of carbonyl (C=O) groups is 2. The summed E-state index contributed by atoms with van der Waals surface area (Å²) in [7, 11) is 0. The van der Waals surface area contributed by atoms with Crippen LogP contribution >= 0.6 is 0 Å². The van der Waals surface area contributed by atoms with Crippen LogP contribution < -0.4 is 14.4 Å².